The van der Waals surface area contributed by atoms with E-state index in [2.05, 4.69) is 0 Å². The minimum absolute atomic E-state index is 0.0714. The Hall–Kier alpha value is -1.87. The Morgan fingerprint density at radius 1 is 0.789 bits per heavy atom. The molecule has 0 heterocycles. The lowest BCUT2D eigenvalue weighted by molar-refractivity contribution is 0.191. The fourth-order valence-electron chi connectivity index (χ4n) is 1.35. The maximum Gasteiger partial charge on any atom is 0.497 e. The van der Waals surface area contributed by atoms with Crippen LogP contribution < -0.4 is 9.05 Å². The van der Waals surface area contributed by atoms with Crippen molar-refractivity contribution >= 4 is 7.60 Å². The van der Waals surface area contributed by atoms with Crippen molar-refractivity contribution in [2.75, 3.05) is 0 Å². The summed E-state index contributed by atoms with van der Waals surface area (Å²) in [4.78, 5) is 0. The summed E-state index contributed by atoms with van der Waals surface area (Å²) in [5.74, 6) is 0.143. The number of benzene rings is 2. The van der Waals surface area contributed by atoms with Crippen LogP contribution in [0.15, 0.2) is 60.7 Å². The molecule has 0 N–H and O–H groups in total. The molecule has 0 saturated heterocycles. The van der Waals surface area contributed by atoms with Gasteiger partial charge in [0.2, 0.25) is 0 Å². The molecule has 2 aromatic carbocycles. The summed E-state index contributed by atoms with van der Waals surface area (Å²) < 4.78 is 47.6. The quantitative estimate of drug-likeness (QED) is 0.755. The zero-order valence-corrected chi connectivity index (χ0v) is 10.7. The summed E-state index contributed by atoms with van der Waals surface area (Å²) in [6.07, 6.45) is -3.23. The van der Waals surface area contributed by atoms with Gasteiger partial charge in [0.1, 0.15) is 11.5 Å². The van der Waals surface area contributed by atoms with Crippen molar-refractivity contribution < 1.29 is 22.4 Å². The Kier molecular flexibility index (Phi) is 4.17. The Balaban J connectivity index is 2.21. The van der Waals surface area contributed by atoms with Crippen molar-refractivity contribution in [3.63, 3.8) is 0 Å². The first-order chi connectivity index (χ1) is 9.10. The molecular weight excluding hydrogens is 273 g/mol. The van der Waals surface area contributed by atoms with Gasteiger partial charge in [-0.15, -0.1) is 0 Å². The first kappa shape index (κ1) is 13.6. The van der Waals surface area contributed by atoms with Crippen molar-refractivity contribution in [2.45, 2.75) is 6.17 Å². The number of alkyl halides is 2. The van der Waals surface area contributed by atoms with Gasteiger partial charge in [-0.05, 0) is 24.3 Å². The molecule has 2 rings (SSSR count). The molecule has 0 aliphatic heterocycles. The van der Waals surface area contributed by atoms with E-state index in [1.807, 2.05) is 0 Å². The second-order valence-corrected chi connectivity index (χ2v) is 5.46. The van der Waals surface area contributed by atoms with E-state index in [-0.39, 0.29) is 11.5 Å². The maximum absolute atomic E-state index is 12.9. The van der Waals surface area contributed by atoms with Gasteiger partial charge in [-0.25, -0.2) is 4.57 Å². The first-order valence-electron chi connectivity index (χ1n) is 5.47. The molecular formula is C13H11F2O3P. The molecule has 0 fully saturated rings. The molecule has 0 aromatic heterocycles. The molecule has 100 valence electrons. The monoisotopic (exact) mass is 284 g/mol. The molecule has 19 heavy (non-hydrogen) atoms. The van der Waals surface area contributed by atoms with E-state index in [0.717, 1.165) is 0 Å². The van der Waals surface area contributed by atoms with E-state index in [1.54, 1.807) is 36.4 Å². The number of rotatable bonds is 5. The molecule has 0 amide bonds. The standard InChI is InChI=1S/C13H11F2O3P/c14-13(15)19(16,17-11-7-3-1-4-8-11)18-12-9-5-2-6-10-12/h1-10,13H. The van der Waals surface area contributed by atoms with Crippen LogP contribution in [0.25, 0.3) is 0 Å². The third-order valence-corrected chi connectivity index (χ3v) is 3.60. The Labute approximate surface area is 109 Å². The highest BCUT2D eigenvalue weighted by molar-refractivity contribution is 7.55. The summed E-state index contributed by atoms with van der Waals surface area (Å²) in [5.41, 5.74) is 0. The molecule has 0 aliphatic rings. The van der Waals surface area contributed by atoms with Gasteiger partial charge in [0.05, 0.1) is 0 Å². The molecule has 0 atom stereocenters. The highest BCUT2D eigenvalue weighted by atomic mass is 31.2. The summed E-state index contributed by atoms with van der Waals surface area (Å²) in [7, 11) is -4.57. The minimum Gasteiger partial charge on any atom is -0.412 e. The third kappa shape index (κ3) is 3.55. The highest BCUT2D eigenvalue weighted by Gasteiger charge is 2.40. The van der Waals surface area contributed by atoms with Crippen LogP contribution in [-0.4, -0.2) is 6.17 Å². The Bertz CT molecular complexity index is 515. The van der Waals surface area contributed by atoms with Gasteiger partial charge >= 0.3 is 13.8 Å². The van der Waals surface area contributed by atoms with Crippen molar-refractivity contribution in [1.82, 2.24) is 0 Å². The maximum atomic E-state index is 12.9. The molecule has 6 heteroatoms. The number of hydrogen-bond donors (Lipinski definition) is 0. The van der Waals surface area contributed by atoms with Crippen LogP contribution in [0.2, 0.25) is 0 Å². The zero-order chi connectivity index (χ0) is 13.7. The smallest absolute Gasteiger partial charge is 0.412 e. The number of halogens is 2. The fraction of sp³-hybridized carbons (Fsp3) is 0.0769. The Morgan fingerprint density at radius 2 is 1.16 bits per heavy atom. The summed E-state index contributed by atoms with van der Waals surface area (Å²) in [6, 6.07) is 15.5. The molecule has 0 bridgehead atoms. The summed E-state index contributed by atoms with van der Waals surface area (Å²) >= 11 is 0. The average molecular weight is 284 g/mol. The van der Waals surface area contributed by atoms with E-state index < -0.39 is 13.8 Å². The van der Waals surface area contributed by atoms with E-state index in [9.17, 15) is 13.3 Å². The predicted molar refractivity (Wildman–Crippen MR) is 67.8 cm³/mol. The zero-order valence-electron chi connectivity index (χ0n) is 9.78. The van der Waals surface area contributed by atoms with E-state index in [1.165, 1.54) is 24.3 Å². The lowest BCUT2D eigenvalue weighted by atomic mass is 10.3. The SMILES string of the molecule is O=P(Oc1ccccc1)(Oc1ccccc1)C(F)F. The van der Waals surface area contributed by atoms with Crippen LogP contribution in [0.3, 0.4) is 0 Å². The van der Waals surface area contributed by atoms with E-state index >= 15 is 0 Å². The van der Waals surface area contributed by atoms with E-state index in [0.29, 0.717) is 0 Å². The predicted octanol–water partition coefficient (Wildman–Crippen LogP) is 4.56. The van der Waals surface area contributed by atoms with Crippen molar-refractivity contribution in [3.05, 3.63) is 60.7 Å². The van der Waals surface area contributed by atoms with Gasteiger partial charge in [0.25, 0.3) is 0 Å². The molecule has 0 radical (unpaired) electrons. The largest absolute Gasteiger partial charge is 0.497 e. The van der Waals surface area contributed by atoms with Gasteiger partial charge in [-0.2, -0.15) is 8.78 Å². The van der Waals surface area contributed by atoms with Crippen molar-refractivity contribution in [2.24, 2.45) is 0 Å². The number of para-hydroxylation sites is 2. The van der Waals surface area contributed by atoms with Crippen LogP contribution in [0, 0.1) is 0 Å². The molecule has 0 unspecified atom stereocenters. The van der Waals surface area contributed by atoms with Crippen molar-refractivity contribution in [1.29, 1.82) is 0 Å². The van der Waals surface area contributed by atoms with Gasteiger partial charge in [0.15, 0.2) is 0 Å². The molecule has 2 aromatic rings. The second-order valence-electron chi connectivity index (χ2n) is 3.63. The normalized spacial score (nSPS) is 11.3. The molecule has 0 saturated carbocycles. The lowest BCUT2D eigenvalue weighted by Crippen LogP contribution is -2.08. The van der Waals surface area contributed by atoms with Crippen molar-refractivity contribution in [3.8, 4) is 11.5 Å². The van der Waals surface area contributed by atoms with Crippen LogP contribution in [-0.2, 0) is 4.57 Å². The fourth-order valence-corrected chi connectivity index (χ4v) is 2.38. The van der Waals surface area contributed by atoms with Gasteiger partial charge in [0, 0.05) is 0 Å². The third-order valence-electron chi connectivity index (χ3n) is 2.19. The van der Waals surface area contributed by atoms with Crippen LogP contribution in [0.5, 0.6) is 11.5 Å². The van der Waals surface area contributed by atoms with E-state index in [4.69, 9.17) is 9.05 Å². The molecule has 3 nitrogen and oxygen atoms in total. The summed E-state index contributed by atoms with van der Waals surface area (Å²) in [5, 5.41) is 0. The minimum atomic E-state index is -4.57. The van der Waals surface area contributed by atoms with Gasteiger partial charge in [-0.3, -0.25) is 0 Å². The topological polar surface area (TPSA) is 35.5 Å². The van der Waals surface area contributed by atoms with Gasteiger partial charge < -0.3 is 9.05 Å². The average Bonchev–Trinajstić information content (AvgIpc) is 2.40. The number of hydrogen-bond acceptors (Lipinski definition) is 3. The first-order valence-corrected chi connectivity index (χ1v) is 7.08. The van der Waals surface area contributed by atoms with Crippen LogP contribution in [0.1, 0.15) is 0 Å². The second kappa shape index (κ2) is 5.85. The molecule has 0 spiro atoms. The Morgan fingerprint density at radius 3 is 1.47 bits per heavy atom. The molecule has 0 aliphatic carbocycles. The lowest BCUT2D eigenvalue weighted by Gasteiger charge is -2.18. The summed E-state index contributed by atoms with van der Waals surface area (Å²) in [6.45, 7) is 0. The van der Waals surface area contributed by atoms with Gasteiger partial charge in [-0.1, -0.05) is 36.4 Å². The van der Waals surface area contributed by atoms with Crippen LogP contribution >= 0.6 is 7.60 Å². The van der Waals surface area contributed by atoms with Crippen LogP contribution in [0.4, 0.5) is 8.78 Å². The highest BCUT2D eigenvalue weighted by Crippen LogP contribution is 2.53.